The fourth-order valence-electron chi connectivity index (χ4n) is 4.09. The lowest BCUT2D eigenvalue weighted by atomic mass is 9.77. The van der Waals surface area contributed by atoms with Crippen LogP contribution in [-0.2, 0) is 11.2 Å². The molecule has 0 aliphatic carbocycles. The van der Waals surface area contributed by atoms with Crippen molar-refractivity contribution in [2.45, 2.75) is 31.3 Å². The van der Waals surface area contributed by atoms with Gasteiger partial charge in [-0.3, -0.25) is 0 Å². The van der Waals surface area contributed by atoms with E-state index in [1.165, 1.54) is 7.11 Å². The van der Waals surface area contributed by atoms with Crippen LogP contribution in [0.3, 0.4) is 0 Å². The molecule has 0 saturated carbocycles. The Morgan fingerprint density at radius 2 is 1.93 bits per heavy atom. The molecule has 1 aliphatic heterocycles. The molecular weight excluding hydrogens is 378 g/mol. The molecule has 1 atom stereocenters. The van der Waals surface area contributed by atoms with E-state index in [0.29, 0.717) is 30.5 Å². The normalized spacial score (nSPS) is 16.3. The SMILES string of the molecule is COC(=O)c1ccc(NCC(CCc2ccccc2C#N)C2(O)CCNCC2)cc1. The lowest BCUT2D eigenvalue weighted by Crippen LogP contribution is -2.49. The number of carbonyl (C=O) groups is 1. The third-order valence-electron chi connectivity index (χ3n) is 5.99. The smallest absolute Gasteiger partial charge is 0.337 e. The van der Waals surface area contributed by atoms with Crippen LogP contribution >= 0.6 is 0 Å². The molecule has 3 rings (SSSR count). The van der Waals surface area contributed by atoms with Gasteiger partial charge in [0.1, 0.15) is 0 Å². The second kappa shape index (κ2) is 10.2. The van der Waals surface area contributed by atoms with Gasteiger partial charge in [-0.05, 0) is 74.7 Å². The van der Waals surface area contributed by atoms with E-state index in [-0.39, 0.29) is 11.9 Å². The Morgan fingerprint density at radius 3 is 2.60 bits per heavy atom. The predicted molar refractivity (Wildman–Crippen MR) is 116 cm³/mol. The van der Waals surface area contributed by atoms with E-state index in [4.69, 9.17) is 4.74 Å². The quantitative estimate of drug-likeness (QED) is 0.582. The molecule has 1 heterocycles. The molecule has 30 heavy (non-hydrogen) atoms. The topological polar surface area (TPSA) is 94.4 Å². The summed E-state index contributed by atoms with van der Waals surface area (Å²) >= 11 is 0. The number of ether oxygens (including phenoxy) is 1. The molecule has 0 bridgehead atoms. The van der Waals surface area contributed by atoms with Crippen molar-refractivity contribution >= 4 is 11.7 Å². The summed E-state index contributed by atoms with van der Waals surface area (Å²) in [6.07, 6.45) is 2.94. The highest BCUT2D eigenvalue weighted by molar-refractivity contribution is 5.89. The van der Waals surface area contributed by atoms with Gasteiger partial charge in [-0.1, -0.05) is 18.2 Å². The Morgan fingerprint density at radius 1 is 1.23 bits per heavy atom. The molecule has 1 aliphatic rings. The van der Waals surface area contributed by atoms with E-state index in [0.717, 1.165) is 37.2 Å². The first-order valence-corrected chi connectivity index (χ1v) is 10.4. The van der Waals surface area contributed by atoms with Crippen molar-refractivity contribution in [1.29, 1.82) is 5.26 Å². The summed E-state index contributed by atoms with van der Waals surface area (Å²) in [6.45, 7) is 2.22. The number of methoxy groups -OCH3 is 1. The summed E-state index contributed by atoms with van der Waals surface area (Å²) in [5, 5.41) is 27.5. The van der Waals surface area contributed by atoms with Crippen LogP contribution < -0.4 is 10.6 Å². The third-order valence-corrected chi connectivity index (χ3v) is 5.99. The highest BCUT2D eigenvalue weighted by atomic mass is 16.5. The van der Waals surface area contributed by atoms with Crippen molar-refractivity contribution in [3.8, 4) is 6.07 Å². The van der Waals surface area contributed by atoms with Crippen LogP contribution in [0.4, 0.5) is 5.69 Å². The summed E-state index contributed by atoms with van der Waals surface area (Å²) in [4.78, 5) is 11.6. The number of nitriles is 1. The van der Waals surface area contributed by atoms with Crippen LogP contribution in [0.2, 0.25) is 0 Å². The van der Waals surface area contributed by atoms with E-state index in [1.54, 1.807) is 12.1 Å². The van der Waals surface area contributed by atoms with Gasteiger partial charge in [0, 0.05) is 18.2 Å². The van der Waals surface area contributed by atoms with E-state index in [9.17, 15) is 15.2 Å². The number of rotatable bonds is 8. The Kier molecular flexibility index (Phi) is 7.45. The van der Waals surface area contributed by atoms with E-state index in [1.807, 2.05) is 36.4 Å². The van der Waals surface area contributed by atoms with Crippen molar-refractivity contribution in [2.24, 2.45) is 5.92 Å². The molecule has 3 N–H and O–H groups in total. The summed E-state index contributed by atoms with van der Waals surface area (Å²) in [5.74, 6) is -0.328. The first kappa shape index (κ1) is 21.8. The maximum absolute atomic E-state index is 11.6. The number of piperidine rings is 1. The van der Waals surface area contributed by atoms with Gasteiger partial charge < -0.3 is 20.5 Å². The van der Waals surface area contributed by atoms with Crippen molar-refractivity contribution in [3.63, 3.8) is 0 Å². The molecule has 1 fully saturated rings. The Bertz CT molecular complexity index is 883. The number of nitrogens with zero attached hydrogens (tertiary/aromatic N) is 1. The molecule has 0 aromatic heterocycles. The number of carbonyl (C=O) groups excluding carboxylic acids is 1. The average Bonchev–Trinajstić information content (AvgIpc) is 2.79. The summed E-state index contributed by atoms with van der Waals surface area (Å²) in [6, 6.07) is 17.1. The Hall–Kier alpha value is -2.88. The average molecular weight is 408 g/mol. The number of nitrogens with one attached hydrogen (secondary N) is 2. The van der Waals surface area contributed by atoms with Gasteiger partial charge in [0.15, 0.2) is 0 Å². The molecule has 2 aromatic carbocycles. The van der Waals surface area contributed by atoms with Gasteiger partial charge in [0.25, 0.3) is 0 Å². The van der Waals surface area contributed by atoms with Crippen LogP contribution in [0.1, 0.15) is 40.7 Å². The second-order valence-corrected chi connectivity index (χ2v) is 7.81. The van der Waals surface area contributed by atoms with Crippen molar-refractivity contribution < 1.29 is 14.6 Å². The molecule has 1 saturated heterocycles. The zero-order chi connectivity index (χ0) is 21.4. The minimum absolute atomic E-state index is 0.0339. The standard InChI is InChI=1S/C24H29N3O3/c1-30-23(28)19-7-10-22(11-8-19)27-17-21(24(29)12-14-26-15-13-24)9-6-18-4-2-3-5-20(18)16-25/h2-5,7-8,10-11,21,26-27,29H,6,9,12-15,17H2,1H3. The number of anilines is 1. The molecule has 6 nitrogen and oxygen atoms in total. The lowest BCUT2D eigenvalue weighted by Gasteiger charge is -2.40. The van der Waals surface area contributed by atoms with Crippen LogP contribution in [-0.4, -0.2) is 43.4 Å². The maximum atomic E-state index is 11.6. The lowest BCUT2D eigenvalue weighted by molar-refractivity contribution is -0.0418. The van der Waals surface area contributed by atoms with Crippen LogP contribution in [0.25, 0.3) is 0 Å². The van der Waals surface area contributed by atoms with Crippen molar-refractivity contribution in [3.05, 3.63) is 65.2 Å². The molecular formula is C24H29N3O3. The zero-order valence-electron chi connectivity index (χ0n) is 17.4. The van der Waals surface area contributed by atoms with Crippen molar-refractivity contribution in [1.82, 2.24) is 5.32 Å². The van der Waals surface area contributed by atoms with Crippen LogP contribution in [0, 0.1) is 17.2 Å². The van der Waals surface area contributed by atoms with Gasteiger partial charge in [0.05, 0.1) is 29.9 Å². The Labute approximate surface area is 177 Å². The van der Waals surface area contributed by atoms with E-state index < -0.39 is 5.60 Å². The number of aryl methyl sites for hydroxylation is 1. The van der Waals surface area contributed by atoms with Crippen LogP contribution in [0.15, 0.2) is 48.5 Å². The minimum Gasteiger partial charge on any atom is -0.465 e. The minimum atomic E-state index is -0.744. The summed E-state index contributed by atoms with van der Waals surface area (Å²) < 4.78 is 4.74. The molecule has 0 amide bonds. The van der Waals surface area contributed by atoms with Gasteiger partial charge >= 0.3 is 5.97 Å². The van der Waals surface area contributed by atoms with Crippen LogP contribution in [0.5, 0.6) is 0 Å². The summed E-state index contributed by atoms with van der Waals surface area (Å²) in [7, 11) is 1.36. The fourth-order valence-corrected chi connectivity index (χ4v) is 4.09. The molecule has 6 heteroatoms. The first-order valence-electron chi connectivity index (χ1n) is 10.4. The third kappa shape index (κ3) is 5.38. The van der Waals surface area contributed by atoms with Gasteiger partial charge in [0.2, 0.25) is 0 Å². The highest BCUT2D eigenvalue weighted by Crippen LogP contribution is 2.31. The van der Waals surface area contributed by atoms with E-state index >= 15 is 0 Å². The zero-order valence-corrected chi connectivity index (χ0v) is 17.4. The molecule has 0 spiro atoms. The molecule has 0 radical (unpaired) electrons. The number of hydrogen-bond donors (Lipinski definition) is 3. The predicted octanol–water partition coefficient (Wildman–Crippen LogP) is 3.12. The first-order chi connectivity index (χ1) is 14.6. The van der Waals surface area contributed by atoms with Gasteiger partial charge in [-0.2, -0.15) is 5.26 Å². The largest absolute Gasteiger partial charge is 0.465 e. The number of aliphatic hydroxyl groups is 1. The second-order valence-electron chi connectivity index (χ2n) is 7.81. The number of benzene rings is 2. The summed E-state index contributed by atoms with van der Waals surface area (Å²) in [5.41, 5.74) is 2.36. The van der Waals surface area contributed by atoms with Gasteiger partial charge in [-0.15, -0.1) is 0 Å². The van der Waals surface area contributed by atoms with E-state index in [2.05, 4.69) is 16.7 Å². The Balaban J connectivity index is 1.70. The molecule has 2 aromatic rings. The molecule has 158 valence electrons. The van der Waals surface area contributed by atoms with Gasteiger partial charge in [-0.25, -0.2) is 4.79 Å². The fraction of sp³-hybridized carbons (Fsp3) is 0.417. The monoisotopic (exact) mass is 407 g/mol. The maximum Gasteiger partial charge on any atom is 0.337 e. The number of hydrogen-bond acceptors (Lipinski definition) is 6. The van der Waals surface area contributed by atoms with Crippen molar-refractivity contribution in [2.75, 3.05) is 32.1 Å². The molecule has 1 unspecified atom stereocenters. The highest BCUT2D eigenvalue weighted by Gasteiger charge is 2.37. The number of esters is 1.